The zero-order valence-electron chi connectivity index (χ0n) is 19.7. The predicted molar refractivity (Wildman–Crippen MR) is 137 cm³/mol. The number of rotatable bonds is 2. The highest BCUT2D eigenvalue weighted by molar-refractivity contribution is 6.68. The lowest BCUT2D eigenvalue weighted by Crippen LogP contribution is -2.52. The Kier molecular flexibility index (Phi) is 6.06. The van der Waals surface area contributed by atoms with Gasteiger partial charge in [-0.3, -0.25) is 0 Å². The average molecular weight is 577 g/mol. The number of hydrogen-bond donors (Lipinski definition) is 0. The van der Waals surface area contributed by atoms with E-state index < -0.39 is 16.1 Å². The van der Waals surface area contributed by atoms with Crippen LogP contribution in [0.1, 0.15) is 28.3 Å². The van der Waals surface area contributed by atoms with Crippen LogP contribution in [0.4, 0.5) is 18.9 Å². The third kappa shape index (κ3) is 4.24. The third-order valence-electron chi connectivity index (χ3n) is 7.38. The maximum absolute atomic E-state index is 13.3. The summed E-state index contributed by atoms with van der Waals surface area (Å²) >= 11 is 20.0. The molecular weight excluding hydrogens is 554 g/mol. The molecule has 0 spiro atoms. The molecule has 4 aliphatic rings. The van der Waals surface area contributed by atoms with Gasteiger partial charge in [0.05, 0.1) is 12.8 Å². The largest absolute Gasteiger partial charge is 0.495 e. The fourth-order valence-electron chi connectivity index (χ4n) is 5.71. The molecule has 0 aromatic heterocycles. The Balaban J connectivity index is 1.49. The van der Waals surface area contributed by atoms with E-state index in [-0.39, 0.29) is 33.0 Å². The Morgan fingerprint density at radius 1 is 0.973 bits per heavy atom. The van der Waals surface area contributed by atoms with Gasteiger partial charge in [0.15, 0.2) is 11.5 Å². The first-order valence-corrected chi connectivity index (χ1v) is 12.9. The summed E-state index contributed by atoms with van der Waals surface area (Å²) in [7, 11) is 1.53. The monoisotopic (exact) mass is 575 g/mol. The van der Waals surface area contributed by atoms with Gasteiger partial charge < -0.3 is 24.0 Å². The van der Waals surface area contributed by atoms with Gasteiger partial charge in [-0.15, -0.1) is 0 Å². The molecule has 0 amide bonds. The predicted octanol–water partition coefficient (Wildman–Crippen LogP) is 5.85. The number of nitrogens with zero attached hydrogens (tertiary/aromatic N) is 3. The van der Waals surface area contributed by atoms with Crippen LogP contribution < -0.4 is 19.1 Å². The molecule has 2 aromatic rings. The number of alkyl halides is 6. The third-order valence-corrected chi connectivity index (χ3v) is 8.00. The summed E-state index contributed by atoms with van der Waals surface area (Å²) in [6.45, 7) is 0.726. The van der Waals surface area contributed by atoms with Crippen LogP contribution >= 0.6 is 34.8 Å². The molecule has 0 saturated carbocycles. The van der Waals surface area contributed by atoms with Gasteiger partial charge in [0.2, 0.25) is 10.6 Å². The maximum atomic E-state index is 13.3. The van der Waals surface area contributed by atoms with Crippen molar-refractivity contribution in [3.8, 4) is 17.2 Å². The Labute approximate surface area is 227 Å². The normalized spacial score (nSPS) is 21.3. The molecule has 0 aliphatic carbocycles. The number of piperazine rings is 1. The molecule has 37 heavy (non-hydrogen) atoms. The van der Waals surface area contributed by atoms with Gasteiger partial charge in [-0.05, 0) is 41.8 Å². The molecule has 4 heterocycles. The quantitative estimate of drug-likeness (QED) is 0.330. The first-order chi connectivity index (χ1) is 17.6. The number of fused-ring (bicyclic) bond motifs is 5. The molecule has 198 valence electrons. The second kappa shape index (κ2) is 8.93. The number of ether oxygens (including phenoxy) is 3. The summed E-state index contributed by atoms with van der Waals surface area (Å²) in [6, 6.07) is 6.97. The minimum atomic E-state index is -4.37. The van der Waals surface area contributed by atoms with Crippen LogP contribution in [-0.2, 0) is 6.42 Å². The van der Waals surface area contributed by atoms with Crippen molar-refractivity contribution in [2.75, 3.05) is 51.5 Å². The number of benzene rings is 2. The molecule has 0 N–H and O–H groups in total. The molecule has 1 saturated heterocycles. The van der Waals surface area contributed by atoms with E-state index in [1.54, 1.807) is 0 Å². The van der Waals surface area contributed by atoms with Crippen LogP contribution in [0.3, 0.4) is 0 Å². The molecular formula is C25H23Cl3F3N3O3. The lowest BCUT2D eigenvalue weighted by Gasteiger charge is -2.47. The summed E-state index contributed by atoms with van der Waals surface area (Å²) in [5, 5.41) is 0. The van der Waals surface area contributed by atoms with Crippen LogP contribution in [0.5, 0.6) is 17.2 Å². The number of hydrogen-bond acceptors (Lipinski definition) is 6. The van der Waals surface area contributed by atoms with E-state index in [2.05, 4.69) is 4.90 Å². The van der Waals surface area contributed by atoms with Crippen LogP contribution in [0, 0.1) is 0 Å². The Morgan fingerprint density at radius 2 is 1.68 bits per heavy atom. The summed E-state index contributed by atoms with van der Waals surface area (Å²) in [6.07, 6.45) is -1.64. The van der Waals surface area contributed by atoms with Crippen LogP contribution in [0.2, 0.25) is 0 Å². The van der Waals surface area contributed by atoms with Crippen molar-refractivity contribution in [3.05, 3.63) is 46.5 Å². The highest BCUT2D eigenvalue weighted by atomic mass is 35.6. The second-order valence-corrected chi connectivity index (χ2v) is 11.7. The van der Waals surface area contributed by atoms with Crippen molar-refractivity contribution in [2.45, 2.75) is 22.6 Å². The molecule has 4 aliphatic heterocycles. The van der Waals surface area contributed by atoms with Gasteiger partial charge in [0, 0.05) is 49.5 Å². The van der Waals surface area contributed by atoms with Crippen molar-refractivity contribution in [1.29, 1.82) is 0 Å². The van der Waals surface area contributed by atoms with Gasteiger partial charge in [0.25, 0.3) is 0 Å². The van der Waals surface area contributed by atoms with Gasteiger partial charge in [-0.25, -0.2) is 4.90 Å². The molecule has 12 heteroatoms. The lowest BCUT2D eigenvalue weighted by atomic mass is 9.85. The van der Waals surface area contributed by atoms with E-state index >= 15 is 0 Å². The van der Waals surface area contributed by atoms with E-state index in [4.69, 9.17) is 49.0 Å². The van der Waals surface area contributed by atoms with Gasteiger partial charge in [-0.1, -0.05) is 40.9 Å². The summed E-state index contributed by atoms with van der Waals surface area (Å²) in [4.78, 5) is 4.48. The molecule has 0 radical (unpaired) electrons. The number of methoxy groups -OCH3 is 1. The van der Waals surface area contributed by atoms with E-state index in [1.807, 2.05) is 35.2 Å². The first-order valence-electron chi connectivity index (χ1n) is 11.8. The van der Waals surface area contributed by atoms with E-state index in [9.17, 15) is 13.2 Å². The zero-order chi connectivity index (χ0) is 26.1. The van der Waals surface area contributed by atoms with Gasteiger partial charge in [0.1, 0.15) is 11.8 Å². The fourth-order valence-corrected chi connectivity index (χ4v) is 6.39. The van der Waals surface area contributed by atoms with Crippen molar-refractivity contribution in [2.24, 2.45) is 0 Å². The SMILES string of the molecule is COc1ccc2c(c1N1CCN(C(F)(F)F)CC1)C(C(Cl)(Cl)Cl)N1CCc3cc4c(cc3C1=C2)OCO4. The summed E-state index contributed by atoms with van der Waals surface area (Å²) < 4.78 is 55.0. The zero-order valence-corrected chi connectivity index (χ0v) is 22.0. The summed E-state index contributed by atoms with van der Waals surface area (Å²) in [5.41, 5.74) is 5.17. The first kappa shape index (κ1) is 25.1. The summed E-state index contributed by atoms with van der Waals surface area (Å²) in [5.74, 6) is 1.90. The molecule has 2 aromatic carbocycles. The smallest absolute Gasteiger partial charge is 0.460 e. The molecule has 6 nitrogen and oxygen atoms in total. The Hall–Kier alpha value is -2.20. The van der Waals surface area contributed by atoms with Crippen molar-refractivity contribution in [3.63, 3.8) is 0 Å². The average Bonchev–Trinajstić information content (AvgIpc) is 3.31. The van der Waals surface area contributed by atoms with Crippen molar-refractivity contribution in [1.82, 2.24) is 9.80 Å². The van der Waals surface area contributed by atoms with Crippen LogP contribution in [-0.4, -0.2) is 66.5 Å². The number of anilines is 1. The minimum Gasteiger partial charge on any atom is -0.495 e. The standard InChI is InChI=1S/C25H23Cl3F3N3O3/c1-35-18-3-2-15-10-17-16-12-20-19(36-13-37-20)11-14(16)4-5-34(17)23(24(26,27)28)21(15)22(18)32-6-8-33(9-7-32)25(29,30)31/h2-3,10-12,23H,4-9,13H2,1H3. The van der Waals surface area contributed by atoms with E-state index in [1.165, 1.54) is 7.11 Å². The maximum Gasteiger partial charge on any atom is 0.460 e. The van der Waals surface area contributed by atoms with Crippen LogP contribution in [0.15, 0.2) is 24.3 Å². The molecule has 0 bridgehead atoms. The van der Waals surface area contributed by atoms with Crippen molar-refractivity contribution < 1.29 is 27.4 Å². The Bertz CT molecular complexity index is 1270. The minimum absolute atomic E-state index is 0.155. The molecule has 1 fully saturated rings. The van der Waals surface area contributed by atoms with Gasteiger partial charge >= 0.3 is 6.30 Å². The van der Waals surface area contributed by atoms with Crippen LogP contribution in [0.25, 0.3) is 11.8 Å². The highest BCUT2D eigenvalue weighted by Crippen LogP contribution is 2.56. The molecule has 1 atom stereocenters. The molecule has 6 rings (SSSR count). The highest BCUT2D eigenvalue weighted by Gasteiger charge is 2.47. The Morgan fingerprint density at radius 3 is 2.32 bits per heavy atom. The second-order valence-electron chi connectivity index (χ2n) is 9.34. The topological polar surface area (TPSA) is 37.4 Å². The number of halogens is 6. The van der Waals surface area contributed by atoms with Crippen molar-refractivity contribution >= 4 is 52.3 Å². The molecule has 1 unspecified atom stereocenters. The lowest BCUT2D eigenvalue weighted by molar-refractivity contribution is -0.246. The fraction of sp³-hybridized carbons (Fsp3) is 0.440. The van der Waals surface area contributed by atoms with E-state index in [0.29, 0.717) is 40.8 Å². The van der Waals surface area contributed by atoms with Gasteiger partial charge in [-0.2, -0.15) is 13.2 Å². The van der Waals surface area contributed by atoms with E-state index in [0.717, 1.165) is 28.0 Å².